The van der Waals surface area contributed by atoms with Crippen molar-refractivity contribution in [2.45, 2.75) is 40.0 Å². The first-order valence-corrected chi connectivity index (χ1v) is 5.17. The summed E-state index contributed by atoms with van der Waals surface area (Å²) in [5.41, 5.74) is 8.63. The Hall–Kier alpha value is -1.23. The minimum Gasteiger partial charge on any atom is -0.398 e. The lowest BCUT2D eigenvalue weighted by Gasteiger charge is -2.32. The molecule has 0 aliphatic heterocycles. The molecule has 1 aliphatic carbocycles. The molecular formula is C12H18N2. The van der Waals surface area contributed by atoms with Crippen molar-refractivity contribution < 1.29 is 0 Å². The van der Waals surface area contributed by atoms with Crippen molar-refractivity contribution in [1.29, 1.82) is 5.26 Å². The van der Waals surface area contributed by atoms with Crippen molar-refractivity contribution in [2.75, 3.05) is 0 Å². The summed E-state index contributed by atoms with van der Waals surface area (Å²) in [5, 5.41) is 9.07. The van der Waals surface area contributed by atoms with Gasteiger partial charge >= 0.3 is 0 Å². The largest absolute Gasteiger partial charge is 0.398 e. The molecule has 1 atom stereocenters. The summed E-state index contributed by atoms with van der Waals surface area (Å²) in [6.07, 6.45) is 4.93. The minimum absolute atomic E-state index is 0.0427. The van der Waals surface area contributed by atoms with E-state index in [4.69, 9.17) is 11.0 Å². The summed E-state index contributed by atoms with van der Waals surface area (Å²) < 4.78 is 0. The highest BCUT2D eigenvalue weighted by Gasteiger charge is 2.32. The predicted octanol–water partition coefficient (Wildman–Crippen LogP) is 2.88. The Morgan fingerprint density at radius 1 is 1.57 bits per heavy atom. The Kier molecular flexibility index (Phi) is 3.00. The second-order valence-electron chi connectivity index (χ2n) is 4.19. The van der Waals surface area contributed by atoms with Crippen LogP contribution in [-0.2, 0) is 0 Å². The van der Waals surface area contributed by atoms with Gasteiger partial charge in [0.15, 0.2) is 0 Å². The first-order chi connectivity index (χ1) is 6.57. The van der Waals surface area contributed by atoms with Crippen molar-refractivity contribution in [2.24, 2.45) is 11.1 Å². The molecule has 0 amide bonds. The van der Waals surface area contributed by atoms with E-state index in [0.717, 1.165) is 24.8 Å². The summed E-state index contributed by atoms with van der Waals surface area (Å²) >= 11 is 0. The molecule has 0 aromatic heterocycles. The maximum atomic E-state index is 9.07. The molecule has 76 valence electrons. The third kappa shape index (κ3) is 1.68. The van der Waals surface area contributed by atoms with Gasteiger partial charge in [0.25, 0.3) is 0 Å². The summed E-state index contributed by atoms with van der Waals surface area (Å²) in [4.78, 5) is 0. The number of nitrogens with zero attached hydrogens (tertiary/aromatic N) is 1. The maximum absolute atomic E-state index is 9.07. The van der Waals surface area contributed by atoms with Crippen molar-refractivity contribution >= 4 is 0 Å². The van der Waals surface area contributed by atoms with Crippen LogP contribution < -0.4 is 5.73 Å². The lowest BCUT2D eigenvalue weighted by molar-refractivity contribution is 0.377. The zero-order valence-electron chi connectivity index (χ0n) is 9.22. The minimum atomic E-state index is -0.0427. The van der Waals surface area contributed by atoms with Gasteiger partial charge in [-0.3, -0.25) is 0 Å². The first kappa shape index (κ1) is 10.8. The number of allylic oxidation sites excluding steroid dienone is 3. The lowest BCUT2D eigenvalue weighted by atomic mass is 9.71. The molecule has 0 bridgehead atoms. The zero-order chi connectivity index (χ0) is 10.8. The van der Waals surface area contributed by atoms with E-state index in [9.17, 15) is 0 Å². The Bertz CT molecular complexity index is 331. The molecule has 14 heavy (non-hydrogen) atoms. The molecule has 0 saturated heterocycles. The number of hydrogen-bond donors (Lipinski definition) is 1. The van der Waals surface area contributed by atoms with E-state index in [0.29, 0.717) is 5.70 Å². The molecule has 1 unspecified atom stereocenters. The summed E-state index contributed by atoms with van der Waals surface area (Å²) in [6.45, 7) is 6.37. The third-order valence-electron chi connectivity index (χ3n) is 3.22. The second-order valence-corrected chi connectivity index (χ2v) is 4.19. The molecule has 0 radical (unpaired) electrons. The summed E-state index contributed by atoms with van der Waals surface area (Å²) in [5.74, 6) is 0. The maximum Gasteiger partial charge on any atom is 0.0974 e. The highest BCUT2D eigenvalue weighted by Crippen LogP contribution is 2.42. The third-order valence-corrected chi connectivity index (χ3v) is 3.22. The number of rotatable bonds is 2. The lowest BCUT2D eigenvalue weighted by Crippen LogP contribution is -2.25. The van der Waals surface area contributed by atoms with Crippen molar-refractivity contribution in [3.8, 4) is 6.07 Å². The summed E-state index contributed by atoms with van der Waals surface area (Å²) in [6, 6.07) is 2.25. The van der Waals surface area contributed by atoms with Gasteiger partial charge in [0.2, 0.25) is 0 Å². The van der Waals surface area contributed by atoms with Gasteiger partial charge < -0.3 is 5.73 Å². The van der Waals surface area contributed by atoms with E-state index in [2.05, 4.69) is 26.8 Å². The van der Waals surface area contributed by atoms with Gasteiger partial charge in [-0.15, -0.1) is 0 Å². The van der Waals surface area contributed by atoms with Crippen LogP contribution in [0.2, 0.25) is 0 Å². The van der Waals surface area contributed by atoms with Crippen LogP contribution in [0.3, 0.4) is 0 Å². The topological polar surface area (TPSA) is 49.8 Å². The molecule has 0 aromatic carbocycles. The number of nitrogens with two attached hydrogens (primary N) is 1. The normalized spacial score (nSPS) is 27.1. The molecule has 2 N–H and O–H groups in total. The summed E-state index contributed by atoms with van der Waals surface area (Å²) in [7, 11) is 0. The SMILES string of the molecule is CCC1=CC(N)=C(C#N)C(C)(CC)C1. The molecular weight excluding hydrogens is 172 g/mol. The Balaban J connectivity index is 3.18. The van der Waals surface area contributed by atoms with Gasteiger partial charge in [-0.05, 0) is 25.3 Å². The highest BCUT2D eigenvalue weighted by atomic mass is 14.6. The number of hydrogen-bond acceptors (Lipinski definition) is 2. The van der Waals surface area contributed by atoms with Gasteiger partial charge in [0.05, 0.1) is 11.6 Å². The van der Waals surface area contributed by atoms with E-state index >= 15 is 0 Å². The van der Waals surface area contributed by atoms with Crippen LogP contribution in [0.4, 0.5) is 0 Å². The van der Waals surface area contributed by atoms with Crippen LogP contribution >= 0.6 is 0 Å². The number of nitriles is 1. The standard InChI is InChI=1S/C12H18N2/c1-4-9-6-11(14)10(8-13)12(3,5-2)7-9/h6H,4-5,7,14H2,1-3H3. The van der Waals surface area contributed by atoms with Crippen LogP contribution in [0.5, 0.6) is 0 Å². The molecule has 0 aromatic rings. The first-order valence-electron chi connectivity index (χ1n) is 5.17. The van der Waals surface area contributed by atoms with Crippen LogP contribution in [0.15, 0.2) is 22.9 Å². The smallest absolute Gasteiger partial charge is 0.0974 e. The molecule has 1 aliphatic rings. The van der Waals surface area contributed by atoms with Crippen molar-refractivity contribution in [1.82, 2.24) is 0 Å². The van der Waals surface area contributed by atoms with Crippen LogP contribution in [0, 0.1) is 16.7 Å². The molecule has 2 nitrogen and oxygen atoms in total. The van der Waals surface area contributed by atoms with Gasteiger partial charge in [-0.1, -0.05) is 26.3 Å². The highest BCUT2D eigenvalue weighted by molar-refractivity contribution is 5.43. The fraction of sp³-hybridized carbons (Fsp3) is 0.583. The molecule has 0 fully saturated rings. The van der Waals surface area contributed by atoms with E-state index in [-0.39, 0.29) is 5.41 Å². The predicted molar refractivity (Wildman–Crippen MR) is 58.2 cm³/mol. The average Bonchev–Trinajstić information content (AvgIpc) is 2.17. The van der Waals surface area contributed by atoms with E-state index < -0.39 is 0 Å². The fourth-order valence-corrected chi connectivity index (χ4v) is 2.01. The molecule has 0 heterocycles. The van der Waals surface area contributed by atoms with Gasteiger partial charge in [-0.25, -0.2) is 0 Å². The Labute approximate surface area is 86.1 Å². The van der Waals surface area contributed by atoms with Crippen LogP contribution in [-0.4, -0.2) is 0 Å². The molecule has 0 saturated carbocycles. The van der Waals surface area contributed by atoms with E-state index in [1.54, 1.807) is 0 Å². The van der Waals surface area contributed by atoms with E-state index in [1.807, 2.05) is 6.08 Å². The van der Waals surface area contributed by atoms with Gasteiger partial charge in [0, 0.05) is 11.1 Å². The Morgan fingerprint density at radius 3 is 2.64 bits per heavy atom. The average molecular weight is 190 g/mol. The Morgan fingerprint density at radius 2 is 2.21 bits per heavy atom. The van der Waals surface area contributed by atoms with Gasteiger partial charge in [-0.2, -0.15) is 5.26 Å². The molecule has 0 spiro atoms. The fourth-order valence-electron chi connectivity index (χ4n) is 2.01. The van der Waals surface area contributed by atoms with E-state index in [1.165, 1.54) is 5.57 Å². The monoisotopic (exact) mass is 190 g/mol. The van der Waals surface area contributed by atoms with Crippen LogP contribution in [0.25, 0.3) is 0 Å². The zero-order valence-corrected chi connectivity index (χ0v) is 9.22. The molecule has 1 rings (SSSR count). The quantitative estimate of drug-likeness (QED) is 0.727. The van der Waals surface area contributed by atoms with Gasteiger partial charge in [0.1, 0.15) is 0 Å². The molecule has 2 heteroatoms. The second kappa shape index (κ2) is 3.88. The van der Waals surface area contributed by atoms with Crippen molar-refractivity contribution in [3.63, 3.8) is 0 Å². The van der Waals surface area contributed by atoms with Crippen LogP contribution in [0.1, 0.15) is 40.0 Å². The van der Waals surface area contributed by atoms with Crippen molar-refractivity contribution in [3.05, 3.63) is 22.9 Å².